The number of carbonyl (C=O) groups is 3. The van der Waals surface area contributed by atoms with Crippen molar-refractivity contribution in [3.63, 3.8) is 0 Å². The van der Waals surface area contributed by atoms with Crippen LogP contribution in [0, 0.1) is 29.6 Å². The van der Waals surface area contributed by atoms with E-state index in [0.717, 1.165) is 38.8 Å². The Balaban J connectivity index is 1.02. The first kappa shape index (κ1) is 33.7. The number of rotatable bonds is 7. The van der Waals surface area contributed by atoms with E-state index in [2.05, 4.69) is 10.3 Å². The molecule has 264 valence electrons. The van der Waals surface area contributed by atoms with E-state index in [1.54, 1.807) is 12.1 Å². The predicted octanol–water partition coefficient (Wildman–Crippen LogP) is 4.80. The Kier molecular flexibility index (Phi) is 7.97. The van der Waals surface area contributed by atoms with Crippen molar-refractivity contribution in [2.45, 2.75) is 33.7 Å². The van der Waals surface area contributed by atoms with Crippen molar-refractivity contribution in [2.24, 2.45) is 34.7 Å². The van der Waals surface area contributed by atoms with Crippen LogP contribution in [0.2, 0.25) is 0 Å². The van der Waals surface area contributed by atoms with Crippen LogP contribution in [-0.2, 0) is 30.6 Å². The zero-order valence-corrected chi connectivity index (χ0v) is 28.6. The van der Waals surface area contributed by atoms with Gasteiger partial charge in [-0.05, 0) is 84.3 Å². The number of fused-ring (bicyclic) bond motifs is 9. The fraction of sp³-hybridized carbons (Fsp3) is 0.294. The number of primary sulfonamides is 1. The number of amides is 3. The number of aromatic nitrogens is 1. The lowest BCUT2D eigenvalue weighted by atomic mass is 9.68. The SMILES string of the molecule is NS(=O)(=O)c1ccc(NC(=O)COc2ccc([C@@H]3c4sc(=O)[nH]c4S[C@@H]4[C@@H]5C[C@@H]([C@@H]6C(=O)N(c7cccc(C(F)(F)F)c7)C(=O)[C@@H]56)[C@H]34)cc2)cc1. The van der Waals surface area contributed by atoms with Gasteiger partial charge in [0.25, 0.3) is 5.91 Å². The van der Waals surface area contributed by atoms with Crippen LogP contribution in [0.1, 0.15) is 28.3 Å². The minimum absolute atomic E-state index is 0.0894. The van der Waals surface area contributed by atoms with Crippen molar-refractivity contribution >= 4 is 62.2 Å². The average Bonchev–Trinajstić information content (AvgIpc) is 3.82. The summed E-state index contributed by atoms with van der Waals surface area (Å²) in [7, 11) is -3.87. The predicted molar refractivity (Wildman–Crippen MR) is 181 cm³/mol. The van der Waals surface area contributed by atoms with Crippen LogP contribution in [0.3, 0.4) is 0 Å². The molecule has 2 bridgehead atoms. The molecule has 2 saturated carbocycles. The molecule has 4 aromatic rings. The number of sulfonamides is 1. The summed E-state index contributed by atoms with van der Waals surface area (Å²) >= 11 is 2.59. The Morgan fingerprint density at radius 2 is 1.67 bits per heavy atom. The number of ether oxygens (including phenoxy) is 1. The monoisotopic (exact) mass is 756 g/mol. The number of nitrogens with one attached hydrogen (secondary N) is 2. The molecule has 17 heteroatoms. The first-order valence-electron chi connectivity index (χ1n) is 15.8. The number of nitrogens with zero attached hydrogens (tertiary/aromatic N) is 1. The van der Waals surface area contributed by atoms with E-state index in [1.165, 1.54) is 48.2 Å². The summed E-state index contributed by atoms with van der Waals surface area (Å²) in [6.07, 6.45) is -4.02. The van der Waals surface area contributed by atoms with E-state index in [1.807, 2.05) is 12.1 Å². The number of hydrogen-bond donors (Lipinski definition) is 3. The van der Waals surface area contributed by atoms with Gasteiger partial charge in [0.05, 0.1) is 33.0 Å². The molecule has 3 fully saturated rings. The Bertz CT molecular complexity index is 2260. The zero-order chi connectivity index (χ0) is 36.0. The molecular formula is C34H27F3N4O7S3. The second kappa shape index (κ2) is 12.1. The summed E-state index contributed by atoms with van der Waals surface area (Å²) in [5.41, 5.74) is 0.173. The Morgan fingerprint density at radius 3 is 2.33 bits per heavy atom. The van der Waals surface area contributed by atoms with Crippen molar-refractivity contribution in [3.05, 3.63) is 98.5 Å². The second-order valence-corrected chi connectivity index (χ2v) is 16.8. The summed E-state index contributed by atoms with van der Waals surface area (Å²) < 4.78 is 69.2. The van der Waals surface area contributed by atoms with E-state index in [9.17, 15) is 40.8 Å². The third-order valence-corrected chi connectivity index (χ3v) is 13.7. The molecule has 4 N–H and O–H groups in total. The van der Waals surface area contributed by atoms with Gasteiger partial charge in [0, 0.05) is 21.7 Å². The molecule has 1 saturated heterocycles. The van der Waals surface area contributed by atoms with Crippen LogP contribution < -0.4 is 25.0 Å². The van der Waals surface area contributed by atoms with Crippen molar-refractivity contribution in [1.82, 2.24) is 4.98 Å². The molecule has 2 aliphatic carbocycles. The van der Waals surface area contributed by atoms with Crippen LogP contribution >= 0.6 is 23.1 Å². The highest BCUT2D eigenvalue weighted by molar-refractivity contribution is 8.00. The first-order chi connectivity index (χ1) is 24.2. The van der Waals surface area contributed by atoms with Crippen LogP contribution in [0.5, 0.6) is 5.75 Å². The number of aromatic amines is 1. The Labute approximate surface area is 296 Å². The molecule has 0 unspecified atom stereocenters. The maximum atomic E-state index is 13.9. The molecule has 4 aliphatic rings. The summed E-state index contributed by atoms with van der Waals surface area (Å²) in [6, 6.07) is 16.7. The maximum Gasteiger partial charge on any atom is 0.416 e. The lowest BCUT2D eigenvalue weighted by Gasteiger charge is -2.43. The van der Waals surface area contributed by atoms with Gasteiger partial charge in [0.15, 0.2) is 6.61 Å². The van der Waals surface area contributed by atoms with Gasteiger partial charge in [-0.1, -0.05) is 29.5 Å². The highest BCUT2D eigenvalue weighted by atomic mass is 32.2. The zero-order valence-electron chi connectivity index (χ0n) is 26.1. The number of alkyl halides is 3. The molecule has 11 nitrogen and oxygen atoms in total. The molecule has 1 aromatic heterocycles. The molecule has 2 aliphatic heterocycles. The Hall–Kier alpha value is -4.45. The minimum Gasteiger partial charge on any atom is -0.484 e. The number of nitrogens with two attached hydrogens (primary N) is 1. The van der Waals surface area contributed by atoms with Gasteiger partial charge in [0.2, 0.25) is 21.8 Å². The summed E-state index contributed by atoms with van der Waals surface area (Å²) in [4.78, 5) is 57.2. The third-order valence-electron chi connectivity index (χ3n) is 10.2. The number of halogens is 3. The summed E-state index contributed by atoms with van der Waals surface area (Å²) in [5, 5.41) is 8.32. The molecule has 3 amide bonds. The summed E-state index contributed by atoms with van der Waals surface area (Å²) in [6.45, 7) is -0.337. The highest BCUT2D eigenvalue weighted by Gasteiger charge is 2.69. The van der Waals surface area contributed by atoms with Gasteiger partial charge < -0.3 is 15.0 Å². The maximum absolute atomic E-state index is 13.9. The van der Waals surface area contributed by atoms with E-state index in [4.69, 9.17) is 9.88 Å². The van der Waals surface area contributed by atoms with Crippen LogP contribution in [0.15, 0.2) is 87.5 Å². The molecule has 7 atom stereocenters. The number of benzene rings is 3. The van der Waals surface area contributed by atoms with Crippen molar-refractivity contribution in [2.75, 3.05) is 16.8 Å². The number of imide groups is 1. The fourth-order valence-corrected chi connectivity index (χ4v) is 11.7. The molecule has 51 heavy (non-hydrogen) atoms. The molecule has 8 rings (SSSR count). The van der Waals surface area contributed by atoms with Crippen LogP contribution in [0.4, 0.5) is 24.5 Å². The number of hydrogen-bond acceptors (Lipinski definition) is 9. The normalized spacial score (nSPS) is 26.5. The quantitative estimate of drug-likeness (QED) is 0.226. The van der Waals surface area contributed by atoms with Gasteiger partial charge in [-0.2, -0.15) is 13.2 Å². The van der Waals surface area contributed by atoms with Gasteiger partial charge >= 0.3 is 11.0 Å². The van der Waals surface area contributed by atoms with E-state index < -0.39 is 51.3 Å². The van der Waals surface area contributed by atoms with E-state index in [-0.39, 0.29) is 51.0 Å². The molecule has 0 radical (unpaired) electrons. The molecule has 3 heterocycles. The van der Waals surface area contributed by atoms with Crippen molar-refractivity contribution in [1.29, 1.82) is 0 Å². The molecule has 0 spiro atoms. The van der Waals surface area contributed by atoms with Gasteiger partial charge in [-0.15, -0.1) is 11.8 Å². The van der Waals surface area contributed by atoms with Crippen LogP contribution in [-0.4, -0.2) is 43.0 Å². The summed E-state index contributed by atoms with van der Waals surface area (Å²) in [5.74, 6) is -3.28. The number of thiazole rings is 1. The number of H-pyrrole nitrogens is 1. The third kappa shape index (κ3) is 5.75. The second-order valence-electron chi connectivity index (χ2n) is 13.0. The van der Waals surface area contributed by atoms with Gasteiger partial charge in [0.1, 0.15) is 5.75 Å². The smallest absolute Gasteiger partial charge is 0.416 e. The topological polar surface area (TPSA) is 169 Å². The first-order valence-corrected chi connectivity index (χ1v) is 19.0. The van der Waals surface area contributed by atoms with Crippen LogP contribution in [0.25, 0.3) is 0 Å². The average molecular weight is 757 g/mol. The number of carbonyl (C=O) groups excluding carboxylic acids is 3. The van der Waals surface area contributed by atoms with E-state index >= 15 is 0 Å². The minimum atomic E-state index is -4.64. The number of anilines is 2. The van der Waals surface area contributed by atoms with Gasteiger partial charge in [-0.3, -0.25) is 24.1 Å². The fourth-order valence-electron chi connectivity index (χ4n) is 8.31. The van der Waals surface area contributed by atoms with E-state index in [0.29, 0.717) is 22.9 Å². The molecule has 3 aromatic carbocycles. The van der Waals surface area contributed by atoms with Crippen molar-refractivity contribution in [3.8, 4) is 5.75 Å². The largest absolute Gasteiger partial charge is 0.484 e. The van der Waals surface area contributed by atoms with Crippen molar-refractivity contribution < 1.29 is 40.7 Å². The molecular weight excluding hydrogens is 730 g/mol. The van der Waals surface area contributed by atoms with Gasteiger partial charge in [-0.25, -0.2) is 13.6 Å². The lowest BCUT2D eigenvalue weighted by Crippen LogP contribution is -2.42. The number of thioether (sulfide) groups is 1. The lowest BCUT2D eigenvalue weighted by molar-refractivity contribution is -0.137. The standard InChI is InChI=1S/C34H27F3N4O7S3/c35-34(36,37)16-2-1-3-18(12-16)41-31(43)26-21-13-22(27(26)32(41)44)28-25(21)24(29-30(49-28)40-33(45)50-29)15-4-8-19(9-5-15)48-14-23(42)39-17-6-10-20(11-7-17)51(38,46)47/h1-12,21-22,24-28H,13-14H2,(H,39,42)(H,40,45)(H2,38,46,47)/t21-,22-,24+,25-,26+,27+,28-/m1/s1. The Morgan fingerprint density at radius 1 is 0.980 bits per heavy atom. The highest BCUT2D eigenvalue weighted by Crippen LogP contribution is 2.68.